The number of hydrogen-bond acceptors (Lipinski definition) is 5. The molecule has 10 heteroatoms. The first-order chi connectivity index (χ1) is 13.4. The van der Waals surface area contributed by atoms with Gasteiger partial charge in [-0.25, -0.2) is 17.5 Å². The highest BCUT2D eigenvalue weighted by Crippen LogP contribution is 2.18. The lowest BCUT2D eigenvalue weighted by atomic mass is 10.2. The zero-order valence-electron chi connectivity index (χ0n) is 16.0. The lowest BCUT2D eigenvalue weighted by Gasteiger charge is -2.22. The number of pyridine rings is 1. The normalized spacial score (nSPS) is 11.9. The largest absolute Gasteiger partial charge is 0.494 e. The zero-order valence-corrected chi connectivity index (χ0v) is 16.8. The number of methoxy groups -OCH3 is 1. The van der Waals surface area contributed by atoms with Gasteiger partial charge in [-0.1, -0.05) is 6.07 Å². The molecule has 28 heavy (non-hydrogen) atoms. The van der Waals surface area contributed by atoms with E-state index in [1.165, 1.54) is 31.6 Å². The third-order valence-corrected chi connectivity index (χ3v) is 5.30. The number of ether oxygens (including phenoxy) is 1. The second-order valence-electron chi connectivity index (χ2n) is 5.89. The van der Waals surface area contributed by atoms with Gasteiger partial charge < -0.3 is 15.0 Å². The summed E-state index contributed by atoms with van der Waals surface area (Å²) in [4.78, 5) is 9.88. The third kappa shape index (κ3) is 5.89. The van der Waals surface area contributed by atoms with E-state index in [4.69, 9.17) is 4.74 Å². The Labute approximate surface area is 164 Å². The summed E-state index contributed by atoms with van der Waals surface area (Å²) < 4.78 is 45.5. The smallest absolute Gasteiger partial charge is 0.242 e. The van der Waals surface area contributed by atoms with Gasteiger partial charge >= 0.3 is 0 Å². The molecule has 2 N–H and O–H groups in total. The Morgan fingerprint density at radius 2 is 2.11 bits per heavy atom. The average molecular weight is 409 g/mol. The van der Waals surface area contributed by atoms with Crippen molar-refractivity contribution >= 4 is 16.0 Å². The second-order valence-corrected chi connectivity index (χ2v) is 7.65. The van der Waals surface area contributed by atoms with Crippen molar-refractivity contribution in [2.45, 2.75) is 11.4 Å². The maximum absolute atomic E-state index is 13.8. The molecule has 0 saturated heterocycles. The van der Waals surface area contributed by atoms with Gasteiger partial charge in [-0.3, -0.25) is 9.98 Å². The van der Waals surface area contributed by atoms with Crippen LogP contribution in [0.3, 0.4) is 0 Å². The van der Waals surface area contributed by atoms with Crippen LogP contribution >= 0.6 is 0 Å². The maximum atomic E-state index is 13.8. The van der Waals surface area contributed by atoms with E-state index in [-0.39, 0.29) is 17.2 Å². The van der Waals surface area contributed by atoms with Gasteiger partial charge in [-0.05, 0) is 29.8 Å². The number of nitrogens with one attached hydrogen (secondary N) is 2. The van der Waals surface area contributed by atoms with Gasteiger partial charge in [0.15, 0.2) is 17.5 Å². The highest BCUT2D eigenvalue weighted by Gasteiger charge is 2.13. The lowest BCUT2D eigenvalue weighted by molar-refractivity contribution is 0.385. The van der Waals surface area contributed by atoms with Crippen molar-refractivity contribution in [3.05, 3.63) is 54.1 Å². The zero-order chi connectivity index (χ0) is 20.6. The van der Waals surface area contributed by atoms with Gasteiger partial charge in [0.1, 0.15) is 4.90 Å². The van der Waals surface area contributed by atoms with E-state index >= 15 is 0 Å². The second kappa shape index (κ2) is 10.00. The monoisotopic (exact) mass is 409 g/mol. The van der Waals surface area contributed by atoms with Crippen LogP contribution < -0.4 is 14.8 Å². The molecule has 0 bridgehead atoms. The standard InChI is InChI=1S/C18H24FN5O3S/c1-20-18(24(2)13-14-6-7-17(27-3)16(19)11-14)22-9-10-23-28(25,26)15-5-4-8-21-12-15/h4-8,11-12,23H,9-10,13H2,1-3H3,(H,20,22). The molecule has 2 aromatic rings. The minimum atomic E-state index is -3.60. The SMILES string of the molecule is CN=C(NCCNS(=O)(=O)c1cccnc1)N(C)Cc1ccc(OC)c(F)c1. The first-order valence-corrected chi connectivity index (χ1v) is 9.99. The Kier molecular flexibility index (Phi) is 7.70. The number of nitrogens with zero attached hydrogens (tertiary/aromatic N) is 3. The first kappa shape index (κ1) is 21.6. The summed E-state index contributed by atoms with van der Waals surface area (Å²) in [6.07, 6.45) is 2.80. The van der Waals surface area contributed by atoms with E-state index < -0.39 is 15.8 Å². The van der Waals surface area contributed by atoms with Gasteiger partial charge in [-0.2, -0.15) is 0 Å². The fourth-order valence-electron chi connectivity index (χ4n) is 2.49. The predicted octanol–water partition coefficient (Wildman–Crippen LogP) is 1.21. The summed E-state index contributed by atoms with van der Waals surface area (Å²) in [7, 11) is 1.23. The van der Waals surface area contributed by atoms with E-state index in [9.17, 15) is 12.8 Å². The van der Waals surface area contributed by atoms with Crippen molar-refractivity contribution in [3.8, 4) is 5.75 Å². The lowest BCUT2D eigenvalue weighted by Crippen LogP contribution is -2.42. The van der Waals surface area contributed by atoms with Crippen molar-refractivity contribution in [2.75, 3.05) is 34.3 Å². The first-order valence-electron chi connectivity index (χ1n) is 8.51. The Hall–Kier alpha value is -2.72. The summed E-state index contributed by atoms with van der Waals surface area (Å²) in [5, 5.41) is 3.07. The van der Waals surface area contributed by atoms with Gasteiger partial charge in [0.05, 0.1) is 7.11 Å². The van der Waals surface area contributed by atoms with Gasteiger partial charge in [0.2, 0.25) is 10.0 Å². The summed E-state index contributed by atoms with van der Waals surface area (Å²) in [5.74, 6) is 0.313. The van der Waals surface area contributed by atoms with Crippen LogP contribution in [-0.4, -0.2) is 58.6 Å². The predicted molar refractivity (Wildman–Crippen MR) is 105 cm³/mol. The molecule has 0 aliphatic heterocycles. The van der Waals surface area contributed by atoms with E-state index in [0.29, 0.717) is 19.0 Å². The molecular weight excluding hydrogens is 385 g/mol. The van der Waals surface area contributed by atoms with Crippen LogP contribution in [0.5, 0.6) is 5.75 Å². The molecule has 0 spiro atoms. The fourth-order valence-corrected chi connectivity index (χ4v) is 3.49. The molecule has 2 rings (SSSR count). The summed E-state index contributed by atoms with van der Waals surface area (Å²) in [5.41, 5.74) is 0.751. The van der Waals surface area contributed by atoms with Crippen LogP contribution in [0.4, 0.5) is 4.39 Å². The number of aromatic nitrogens is 1. The number of rotatable bonds is 8. The van der Waals surface area contributed by atoms with Crippen molar-refractivity contribution in [3.63, 3.8) is 0 Å². The van der Waals surface area contributed by atoms with Crippen LogP contribution in [0, 0.1) is 5.82 Å². The van der Waals surface area contributed by atoms with Crippen molar-refractivity contribution < 1.29 is 17.5 Å². The molecule has 0 amide bonds. The Balaban J connectivity index is 1.86. The quantitative estimate of drug-likeness (QED) is 0.387. The topological polar surface area (TPSA) is 95.9 Å². The molecule has 0 atom stereocenters. The minimum Gasteiger partial charge on any atom is -0.494 e. The minimum absolute atomic E-state index is 0.109. The number of hydrogen-bond donors (Lipinski definition) is 2. The van der Waals surface area contributed by atoms with Crippen LogP contribution in [0.15, 0.2) is 52.6 Å². The summed E-state index contributed by atoms with van der Waals surface area (Å²) >= 11 is 0. The van der Waals surface area contributed by atoms with E-state index in [0.717, 1.165) is 5.56 Å². The molecule has 1 aromatic carbocycles. The highest BCUT2D eigenvalue weighted by atomic mass is 32.2. The molecule has 0 unspecified atom stereocenters. The molecule has 0 fully saturated rings. The number of halogens is 1. The van der Waals surface area contributed by atoms with Crippen LogP contribution in [0.1, 0.15) is 5.56 Å². The average Bonchev–Trinajstić information content (AvgIpc) is 2.68. The molecule has 0 saturated carbocycles. The fraction of sp³-hybridized carbons (Fsp3) is 0.333. The van der Waals surface area contributed by atoms with Crippen molar-refractivity contribution in [1.29, 1.82) is 0 Å². The number of benzene rings is 1. The van der Waals surface area contributed by atoms with Gasteiger partial charge in [-0.15, -0.1) is 0 Å². The van der Waals surface area contributed by atoms with Crippen molar-refractivity contribution in [1.82, 2.24) is 19.9 Å². The number of aliphatic imine (C=N–C) groups is 1. The van der Waals surface area contributed by atoms with E-state index in [1.54, 1.807) is 37.2 Å². The van der Waals surface area contributed by atoms with Gasteiger partial charge in [0.25, 0.3) is 0 Å². The van der Waals surface area contributed by atoms with Crippen molar-refractivity contribution in [2.24, 2.45) is 4.99 Å². The molecule has 1 aromatic heterocycles. The molecular formula is C18H24FN5O3S. The summed E-state index contributed by atoms with van der Waals surface area (Å²) in [6.45, 7) is 0.913. The maximum Gasteiger partial charge on any atom is 0.242 e. The molecule has 0 aliphatic rings. The third-order valence-electron chi connectivity index (χ3n) is 3.85. The molecule has 152 valence electrons. The Bertz CT molecular complexity index is 907. The highest BCUT2D eigenvalue weighted by molar-refractivity contribution is 7.89. The molecule has 0 aliphatic carbocycles. The van der Waals surface area contributed by atoms with Crippen LogP contribution in [0.2, 0.25) is 0 Å². The van der Waals surface area contributed by atoms with E-state index in [2.05, 4.69) is 20.0 Å². The number of guanidine groups is 1. The molecule has 0 radical (unpaired) electrons. The molecule has 1 heterocycles. The van der Waals surface area contributed by atoms with E-state index in [1.807, 2.05) is 0 Å². The summed E-state index contributed by atoms with van der Waals surface area (Å²) in [6, 6.07) is 7.79. The van der Waals surface area contributed by atoms with Crippen LogP contribution in [0.25, 0.3) is 0 Å². The van der Waals surface area contributed by atoms with Gasteiger partial charge in [0, 0.05) is 46.1 Å². The molecule has 8 nitrogen and oxygen atoms in total. The Morgan fingerprint density at radius 3 is 2.71 bits per heavy atom. The van der Waals surface area contributed by atoms with Crippen LogP contribution in [-0.2, 0) is 16.6 Å². The Morgan fingerprint density at radius 1 is 1.32 bits per heavy atom. The number of sulfonamides is 1.